The number of hydrogen-bond donors (Lipinski definition) is 0. The fourth-order valence-corrected chi connectivity index (χ4v) is 3.05. The molecule has 0 aliphatic rings. The third-order valence-electron chi connectivity index (χ3n) is 5.19. The van der Waals surface area contributed by atoms with Gasteiger partial charge in [0.25, 0.3) is 0 Å². The zero-order chi connectivity index (χ0) is 29.6. The van der Waals surface area contributed by atoms with Crippen LogP contribution in [-0.4, -0.2) is 73.9 Å². The van der Waals surface area contributed by atoms with E-state index in [1.54, 1.807) is 20.8 Å². The number of carbonyl (C=O) groups excluding carboxylic acids is 6. The minimum absolute atomic E-state index is 0.0662. The first-order chi connectivity index (χ1) is 18.6. The summed E-state index contributed by atoms with van der Waals surface area (Å²) in [4.78, 5) is 71.5. The van der Waals surface area contributed by atoms with Crippen LogP contribution in [0.3, 0.4) is 0 Å². The van der Waals surface area contributed by atoms with E-state index < -0.39 is 54.1 Å². The molecule has 0 aromatic heterocycles. The van der Waals surface area contributed by atoms with Gasteiger partial charge in [-0.05, 0) is 25.7 Å². The summed E-state index contributed by atoms with van der Waals surface area (Å²) in [6.07, 6.45) is -0.916. The van der Waals surface area contributed by atoms with Gasteiger partial charge in [-0.15, -0.1) is 0 Å². The molecule has 0 spiro atoms. The van der Waals surface area contributed by atoms with Crippen molar-refractivity contribution < 1.29 is 57.2 Å². The molecule has 39 heavy (non-hydrogen) atoms. The average Bonchev–Trinajstić information content (AvgIpc) is 2.91. The fourth-order valence-electron chi connectivity index (χ4n) is 3.05. The van der Waals surface area contributed by atoms with Crippen LogP contribution in [0.2, 0.25) is 0 Å². The Kier molecular flexibility index (Phi) is 20.0. The van der Waals surface area contributed by atoms with Gasteiger partial charge in [0.05, 0.1) is 0 Å². The fraction of sp³-hybridized carbons (Fsp3) is 0.778. The monoisotopic (exact) mass is 560 g/mol. The molecule has 0 heterocycles. The Balaban J connectivity index is 5.11. The van der Waals surface area contributed by atoms with E-state index in [0.29, 0.717) is 12.8 Å². The Labute approximate surface area is 230 Å². The van der Waals surface area contributed by atoms with Crippen molar-refractivity contribution in [3.05, 3.63) is 0 Å². The molecule has 0 N–H and O–H groups in total. The molecule has 224 valence electrons. The maximum atomic E-state index is 12.4. The maximum Gasteiger partial charge on any atom is 0.306 e. The Hall–Kier alpha value is -3.18. The van der Waals surface area contributed by atoms with E-state index in [0.717, 1.165) is 0 Å². The van der Waals surface area contributed by atoms with Gasteiger partial charge in [-0.2, -0.15) is 0 Å². The van der Waals surface area contributed by atoms with E-state index in [9.17, 15) is 28.8 Å². The molecule has 0 saturated carbocycles. The lowest BCUT2D eigenvalue weighted by Crippen LogP contribution is -2.39. The molecule has 0 rings (SSSR count). The van der Waals surface area contributed by atoms with Gasteiger partial charge in [0.1, 0.15) is 25.9 Å². The van der Waals surface area contributed by atoms with Gasteiger partial charge in [-0.25, -0.2) is 0 Å². The maximum absolute atomic E-state index is 12.4. The van der Waals surface area contributed by atoms with Gasteiger partial charge < -0.3 is 28.4 Å². The van der Waals surface area contributed by atoms with Crippen molar-refractivity contribution in [1.29, 1.82) is 0 Å². The summed E-state index contributed by atoms with van der Waals surface area (Å²) in [5, 5.41) is 0. The van der Waals surface area contributed by atoms with E-state index in [4.69, 9.17) is 28.4 Å². The predicted octanol–water partition coefficient (Wildman–Crippen LogP) is 3.35. The minimum Gasteiger partial charge on any atom is -0.462 e. The van der Waals surface area contributed by atoms with Crippen molar-refractivity contribution in [2.24, 2.45) is 0 Å². The third-order valence-corrected chi connectivity index (χ3v) is 5.19. The van der Waals surface area contributed by atoms with E-state index in [1.807, 2.05) is 13.8 Å². The quantitative estimate of drug-likeness (QED) is 0.149. The summed E-state index contributed by atoms with van der Waals surface area (Å²) in [6.45, 7) is 7.60. The van der Waals surface area contributed by atoms with Crippen LogP contribution in [0.4, 0.5) is 0 Å². The smallest absolute Gasteiger partial charge is 0.306 e. The number of hydrogen-bond acceptors (Lipinski definition) is 12. The molecule has 0 bridgehead atoms. The van der Waals surface area contributed by atoms with Crippen molar-refractivity contribution in [1.82, 2.24) is 0 Å². The van der Waals surface area contributed by atoms with Crippen LogP contribution in [-0.2, 0) is 57.2 Å². The lowest BCUT2D eigenvalue weighted by Gasteiger charge is -2.26. The first-order valence-electron chi connectivity index (χ1n) is 13.6. The third kappa shape index (κ3) is 17.9. The van der Waals surface area contributed by atoms with Crippen molar-refractivity contribution in [3.63, 3.8) is 0 Å². The number of rotatable bonds is 21. The molecule has 12 nitrogen and oxygen atoms in total. The summed E-state index contributed by atoms with van der Waals surface area (Å²) >= 11 is 0. The first-order valence-corrected chi connectivity index (χ1v) is 13.6. The van der Waals surface area contributed by atoms with Crippen molar-refractivity contribution in [2.75, 3.05) is 19.8 Å². The minimum atomic E-state index is -1.04. The Morgan fingerprint density at radius 3 is 1.46 bits per heavy atom. The van der Waals surface area contributed by atoms with Crippen LogP contribution < -0.4 is 0 Å². The van der Waals surface area contributed by atoms with E-state index in [2.05, 4.69) is 0 Å². The molecule has 3 unspecified atom stereocenters. The second kappa shape index (κ2) is 21.7. The molecule has 0 amide bonds. The van der Waals surface area contributed by atoms with Crippen LogP contribution in [0.15, 0.2) is 0 Å². The molecule has 0 radical (unpaired) electrons. The molecule has 0 aliphatic carbocycles. The number of ether oxygens (including phenoxy) is 6. The average molecular weight is 561 g/mol. The molecule has 0 fully saturated rings. The summed E-state index contributed by atoms with van der Waals surface area (Å²) < 4.78 is 31.5. The molecule has 0 saturated heterocycles. The van der Waals surface area contributed by atoms with Gasteiger partial charge >= 0.3 is 35.8 Å². The summed E-state index contributed by atoms with van der Waals surface area (Å²) in [6, 6.07) is 0. The summed E-state index contributed by atoms with van der Waals surface area (Å²) in [7, 11) is 0. The van der Waals surface area contributed by atoms with Gasteiger partial charge in [0.2, 0.25) is 0 Å². The highest BCUT2D eigenvalue weighted by Gasteiger charge is 2.30. The van der Waals surface area contributed by atoms with E-state index in [1.165, 1.54) is 0 Å². The highest BCUT2D eigenvalue weighted by atomic mass is 16.6. The number of carbonyl (C=O) groups is 6. The Morgan fingerprint density at radius 1 is 0.487 bits per heavy atom. The lowest BCUT2D eigenvalue weighted by atomic mass is 10.1. The van der Waals surface area contributed by atoms with Crippen molar-refractivity contribution in [2.45, 2.75) is 117 Å². The highest BCUT2D eigenvalue weighted by Crippen LogP contribution is 2.16. The van der Waals surface area contributed by atoms with Crippen LogP contribution in [0, 0.1) is 0 Å². The number of esters is 6. The van der Waals surface area contributed by atoms with E-state index in [-0.39, 0.29) is 71.2 Å². The van der Waals surface area contributed by atoms with E-state index >= 15 is 0 Å². The largest absolute Gasteiger partial charge is 0.462 e. The molecular formula is C27H44O12. The van der Waals surface area contributed by atoms with Crippen molar-refractivity contribution >= 4 is 35.8 Å². The molecular weight excluding hydrogens is 516 g/mol. The van der Waals surface area contributed by atoms with Crippen LogP contribution >= 0.6 is 0 Å². The zero-order valence-corrected chi connectivity index (χ0v) is 23.8. The molecule has 12 heteroatoms. The second-order valence-corrected chi connectivity index (χ2v) is 8.67. The predicted molar refractivity (Wildman–Crippen MR) is 137 cm³/mol. The molecule has 3 atom stereocenters. The summed E-state index contributed by atoms with van der Waals surface area (Å²) in [5.41, 5.74) is 0. The highest BCUT2D eigenvalue weighted by molar-refractivity contribution is 5.72. The SMILES string of the molecule is CCCC(=O)OCC(COC(=O)CCCC(OC(=O)CC)C(COC(=O)CC)OC(=O)CC)OC(=O)CCC. The van der Waals surface area contributed by atoms with Gasteiger partial charge in [-0.3, -0.25) is 28.8 Å². The standard InChI is InChI=1S/C27H44O12/c1-6-12-25(31)34-16-19(37-27(33)13-7-2)17-35-26(32)15-11-14-20(38-23(29)9-4)21(39-24(30)10-5)18-36-22(28)8-3/h19-21H,6-18H2,1-5H3. The molecule has 0 aromatic carbocycles. The Bertz CT molecular complexity index is 779. The lowest BCUT2D eigenvalue weighted by molar-refractivity contribution is -0.176. The summed E-state index contributed by atoms with van der Waals surface area (Å²) in [5.74, 6) is -3.18. The van der Waals surface area contributed by atoms with Gasteiger partial charge in [0.15, 0.2) is 12.2 Å². The second-order valence-electron chi connectivity index (χ2n) is 8.67. The van der Waals surface area contributed by atoms with Crippen LogP contribution in [0.5, 0.6) is 0 Å². The molecule has 0 aliphatic heterocycles. The van der Waals surface area contributed by atoms with Gasteiger partial charge in [-0.1, -0.05) is 34.6 Å². The van der Waals surface area contributed by atoms with Crippen molar-refractivity contribution in [3.8, 4) is 0 Å². The normalized spacial score (nSPS) is 12.8. The first kappa shape index (κ1) is 35.8. The van der Waals surface area contributed by atoms with Gasteiger partial charge in [0, 0.05) is 38.5 Å². The van der Waals surface area contributed by atoms with Crippen LogP contribution in [0.25, 0.3) is 0 Å². The Morgan fingerprint density at radius 2 is 0.949 bits per heavy atom. The molecule has 0 aromatic rings. The zero-order valence-electron chi connectivity index (χ0n) is 23.8. The topological polar surface area (TPSA) is 158 Å². The van der Waals surface area contributed by atoms with Crippen LogP contribution in [0.1, 0.15) is 98.8 Å².